The molecule has 1 unspecified atom stereocenters. The molecule has 0 aromatic heterocycles. The van der Waals surface area contributed by atoms with Gasteiger partial charge in [0.1, 0.15) is 0 Å². The predicted molar refractivity (Wildman–Crippen MR) is 86.3 cm³/mol. The molecule has 0 amide bonds. The van der Waals surface area contributed by atoms with E-state index in [1.807, 2.05) is 0 Å². The molecule has 0 aromatic rings. The van der Waals surface area contributed by atoms with Gasteiger partial charge < -0.3 is 5.32 Å². The molecule has 0 radical (unpaired) electrons. The normalized spacial score (nSPS) is 28.0. The monoisotopic (exact) mass is 317 g/mol. The lowest BCUT2D eigenvalue weighted by Gasteiger charge is -2.32. The zero-order valence-electron chi connectivity index (χ0n) is 13.7. The van der Waals surface area contributed by atoms with Gasteiger partial charge in [-0.3, -0.25) is 0 Å². The highest BCUT2D eigenvalue weighted by molar-refractivity contribution is 7.87. The molecule has 1 atom stereocenters. The zero-order valence-corrected chi connectivity index (χ0v) is 14.5. The Bertz CT molecular complexity index is 428. The molecular weight excluding hydrogens is 286 g/mol. The predicted octanol–water partition coefficient (Wildman–Crippen LogP) is 1.72. The maximum Gasteiger partial charge on any atom is 0.279 e. The van der Waals surface area contributed by atoms with Crippen LogP contribution in [-0.2, 0) is 10.2 Å². The molecule has 1 saturated heterocycles. The van der Waals surface area contributed by atoms with Crippen molar-refractivity contribution in [1.29, 1.82) is 0 Å². The minimum absolute atomic E-state index is 0.115. The maximum absolute atomic E-state index is 12.5. The van der Waals surface area contributed by atoms with Crippen LogP contribution in [0.1, 0.15) is 52.9 Å². The van der Waals surface area contributed by atoms with E-state index in [2.05, 4.69) is 30.8 Å². The molecule has 6 heteroatoms. The summed E-state index contributed by atoms with van der Waals surface area (Å²) in [7, 11) is -3.30. The Balaban J connectivity index is 1.81. The molecule has 1 heterocycles. The van der Waals surface area contributed by atoms with Gasteiger partial charge in [0.15, 0.2) is 0 Å². The molecule has 5 nitrogen and oxygen atoms in total. The third kappa shape index (κ3) is 4.91. The van der Waals surface area contributed by atoms with Crippen molar-refractivity contribution < 1.29 is 8.42 Å². The lowest BCUT2D eigenvalue weighted by atomic mass is 9.92. The second-order valence-electron chi connectivity index (χ2n) is 7.38. The second-order valence-corrected chi connectivity index (χ2v) is 9.08. The van der Waals surface area contributed by atoms with Crippen LogP contribution in [0.25, 0.3) is 0 Å². The van der Waals surface area contributed by atoms with Crippen molar-refractivity contribution in [2.75, 3.05) is 26.2 Å². The van der Waals surface area contributed by atoms with E-state index in [0.29, 0.717) is 19.0 Å². The Morgan fingerprint density at radius 1 is 1.19 bits per heavy atom. The fourth-order valence-corrected chi connectivity index (χ4v) is 4.99. The number of piperidine rings is 1. The van der Waals surface area contributed by atoms with Crippen LogP contribution >= 0.6 is 0 Å². The van der Waals surface area contributed by atoms with Crippen LogP contribution in [0, 0.1) is 11.3 Å². The van der Waals surface area contributed by atoms with E-state index < -0.39 is 10.2 Å². The van der Waals surface area contributed by atoms with Crippen molar-refractivity contribution >= 4 is 10.2 Å². The van der Waals surface area contributed by atoms with Crippen LogP contribution in [0.5, 0.6) is 0 Å². The van der Waals surface area contributed by atoms with Gasteiger partial charge in [-0.2, -0.15) is 17.4 Å². The Hall–Kier alpha value is -0.170. The topological polar surface area (TPSA) is 61.4 Å². The number of hydrogen-bond acceptors (Lipinski definition) is 3. The molecule has 0 aromatic carbocycles. The molecule has 0 bridgehead atoms. The summed E-state index contributed by atoms with van der Waals surface area (Å²) >= 11 is 0. The summed E-state index contributed by atoms with van der Waals surface area (Å²) in [5, 5.41) is 3.36. The molecule has 21 heavy (non-hydrogen) atoms. The average molecular weight is 317 g/mol. The van der Waals surface area contributed by atoms with E-state index in [4.69, 9.17) is 0 Å². The van der Waals surface area contributed by atoms with Gasteiger partial charge in [-0.25, -0.2) is 0 Å². The number of nitrogens with one attached hydrogen (secondary N) is 2. The van der Waals surface area contributed by atoms with Crippen molar-refractivity contribution in [2.45, 2.75) is 58.9 Å². The largest absolute Gasteiger partial charge is 0.317 e. The van der Waals surface area contributed by atoms with Crippen LogP contribution < -0.4 is 10.0 Å². The van der Waals surface area contributed by atoms with E-state index in [-0.39, 0.29) is 11.5 Å². The average Bonchev–Trinajstić information content (AvgIpc) is 2.75. The summed E-state index contributed by atoms with van der Waals surface area (Å²) in [6.07, 6.45) is 4.94. The van der Waals surface area contributed by atoms with Crippen LogP contribution in [0.15, 0.2) is 0 Å². The molecule has 124 valence electrons. The maximum atomic E-state index is 12.5. The summed E-state index contributed by atoms with van der Waals surface area (Å²) in [5.41, 5.74) is 0.270. The third-order valence-electron chi connectivity index (χ3n) is 4.88. The Labute approximate surface area is 130 Å². The van der Waals surface area contributed by atoms with Gasteiger partial charge in [-0.15, -0.1) is 0 Å². The fourth-order valence-electron chi connectivity index (χ4n) is 3.52. The van der Waals surface area contributed by atoms with Crippen molar-refractivity contribution in [3.8, 4) is 0 Å². The van der Waals surface area contributed by atoms with Gasteiger partial charge in [-0.05, 0) is 56.5 Å². The molecule has 1 aliphatic heterocycles. The number of nitrogens with zero attached hydrogens (tertiary/aromatic N) is 1. The van der Waals surface area contributed by atoms with Gasteiger partial charge in [0.2, 0.25) is 0 Å². The van der Waals surface area contributed by atoms with E-state index in [1.54, 1.807) is 4.31 Å². The van der Waals surface area contributed by atoms with Gasteiger partial charge in [0.05, 0.1) is 0 Å². The summed E-state index contributed by atoms with van der Waals surface area (Å²) in [6.45, 7) is 9.84. The van der Waals surface area contributed by atoms with E-state index in [0.717, 1.165) is 45.2 Å². The molecule has 2 aliphatic rings. The lowest BCUT2D eigenvalue weighted by molar-refractivity contribution is 0.264. The smallest absolute Gasteiger partial charge is 0.279 e. The molecule has 2 fully saturated rings. The van der Waals surface area contributed by atoms with Crippen LogP contribution in [0.3, 0.4) is 0 Å². The van der Waals surface area contributed by atoms with Crippen molar-refractivity contribution in [3.63, 3.8) is 0 Å². The van der Waals surface area contributed by atoms with Gasteiger partial charge in [0, 0.05) is 19.1 Å². The van der Waals surface area contributed by atoms with Gasteiger partial charge in [0.25, 0.3) is 10.2 Å². The summed E-state index contributed by atoms with van der Waals surface area (Å²) in [5.74, 6) is 0.613. The van der Waals surface area contributed by atoms with Gasteiger partial charge in [-0.1, -0.05) is 20.8 Å². The molecular formula is C15H31N3O2S. The number of hydrogen-bond donors (Lipinski definition) is 2. The second kappa shape index (κ2) is 6.94. The van der Waals surface area contributed by atoms with E-state index in [9.17, 15) is 8.42 Å². The highest BCUT2D eigenvalue weighted by Crippen LogP contribution is 2.37. The Morgan fingerprint density at radius 2 is 1.86 bits per heavy atom. The van der Waals surface area contributed by atoms with Crippen molar-refractivity contribution in [1.82, 2.24) is 14.3 Å². The highest BCUT2D eigenvalue weighted by Gasteiger charge is 2.35. The number of rotatable bonds is 6. The van der Waals surface area contributed by atoms with Crippen molar-refractivity contribution in [2.24, 2.45) is 11.3 Å². The zero-order chi connectivity index (χ0) is 15.5. The third-order valence-corrected chi connectivity index (χ3v) is 6.56. The van der Waals surface area contributed by atoms with E-state index in [1.165, 1.54) is 0 Å². The first-order chi connectivity index (χ1) is 9.82. The first-order valence-electron chi connectivity index (χ1n) is 8.30. The Kier molecular flexibility index (Phi) is 5.68. The van der Waals surface area contributed by atoms with Crippen molar-refractivity contribution in [3.05, 3.63) is 0 Å². The minimum atomic E-state index is -3.30. The Morgan fingerprint density at radius 3 is 2.38 bits per heavy atom. The van der Waals surface area contributed by atoms with Crippen LogP contribution in [0.4, 0.5) is 0 Å². The van der Waals surface area contributed by atoms with Gasteiger partial charge >= 0.3 is 0 Å². The minimum Gasteiger partial charge on any atom is -0.317 e. The van der Waals surface area contributed by atoms with Crippen LogP contribution in [0.2, 0.25) is 0 Å². The standard InChI is InChI=1S/C15H31N3O2S/c1-4-16-12-13-6-9-18(10-7-13)21(19,20)17-14-5-8-15(2,3)11-14/h13-14,16-17H,4-12H2,1-3H3. The first kappa shape index (κ1) is 17.2. The van der Waals surface area contributed by atoms with E-state index >= 15 is 0 Å². The fraction of sp³-hybridized carbons (Fsp3) is 1.00. The summed E-state index contributed by atoms with van der Waals surface area (Å²) < 4.78 is 29.5. The molecule has 1 aliphatic carbocycles. The molecule has 0 spiro atoms. The van der Waals surface area contributed by atoms with Crippen LogP contribution in [-0.4, -0.2) is 44.9 Å². The summed E-state index contributed by atoms with van der Waals surface area (Å²) in [6, 6.07) is 0.115. The summed E-state index contributed by atoms with van der Waals surface area (Å²) in [4.78, 5) is 0. The highest BCUT2D eigenvalue weighted by atomic mass is 32.2. The molecule has 2 N–H and O–H groups in total. The first-order valence-corrected chi connectivity index (χ1v) is 9.74. The SMILES string of the molecule is CCNCC1CCN(S(=O)(=O)NC2CCC(C)(C)C2)CC1. The lowest BCUT2D eigenvalue weighted by Crippen LogP contribution is -2.48. The quantitative estimate of drug-likeness (QED) is 0.784. The molecule has 1 saturated carbocycles. The molecule has 2 rings (SSSR count).